The summed E-state index contributed by atoms with van der Waals surface area (Å²) in [5.74, 6) is -2.14. The molecule has 1 unspecified atom stereocenters. The molecule has 1 aliphatic carbocycles. The maximum Gasteiger partial charge on any atom is 0.373 e. The molecule has 1 heterocycles. The average molecular weight is 410 g/mol. The van der Waals surface area contributed by atoms with Gasteiger partial charge in [0.25, 0.3) is 0 Å². The van der Waals surface area contributed by atoms with Crippen LogP contribution < -0.4 is 0 Å². The lowest BCUT2D eigenvalue weighted by molar-refractivity contribution is -0.167. The van der Waals surface area contributed by atoms with Gasteiger partial charge in [0, 0.05) is 18.3 Å². The Morgan fingerprint density at radius 3 is 2.43 bits per heavy atom. The lowest BCUT2D eigenvalue weighted by Crippen LogP contribution is -2.43. The minimum Gasteiger partial charge on any atom is -0.468 e. The molecule has 4 rings (SSSR count). The van der Waals surface area contributed by atoms with Crippen molar-refractivity contribution >= 4 is 11.9 Å². The van der Waals surface area contributed by atoms with Gasteiger partial charge >= 0.3 is 11.9 Å². The third-order valence-corrected chi connectivity index (χ3v) is 6.00. The van der Waals surface area contributed by atoms with Gasteiger partial charge in [-0.2, -0.15) is 0 Å². The van der Waals surface area contributed by atoms with Gasteiger partial charge in [0.1, 0.15) is 5.82 Å². The molecule has 5 nitrogen and oxygen atoms in total. The van der Waals surface area contributed by atoms with Crippen LogP contribution in [0, 0.1) is 11.7 Å². The molecule has 6 heteroatoms. The number of esters is 2. The van der Waals surface area contributed by atoms with Crippen molar-refractivity contribution in [1.29, 1.82) is 0 Å². The van der Waals surface area contributed by atoms with E-state index in [1.54, 1.807) is 25.1 Å². The van der Waals surface area contributed by atoms with Crippen molar-refractivity contribution in [3.05, 3.63) is 83.4 Å². The summed E-state index contributed by atoms with van der Waals surface area (Å²) in [7, 11) is 1.31. The van der Waals surface area contributed by atoms with Crippen LogP contribution in [-0.2, 0) is 23.8 Å². The van der Waals surface area contributed by atoms with Crippen LogP contribution in [0.3, 0.4) is 0 Å². The van der Waals surface area contributed by atoms with E-state index in [0.29, 0.717) is 6.42 Å². The molecule has 0 radical (unpaired) electrons. The Kier molecular flexibility index (Phi) is 5.33. The largest absolute Gasteiger partial charge is 0.468 e. The van der Waals surface area contributed by atoms with Gasteiger partial charge in [-0.05, 0) is 42.2 Å². The maximum absolute atomic E-state index is 13.5. The maximum atomic E-state index is 13.5. The minimum absolute atomic E-state index is 0.0331. The van der Waals surface area contributed by atoms with E-state index in [9.17, 15) is 14.0 Å². The Hall–Kier alpha value is -3.15. The molecule has 156 valence electrons. The number of benzene rings is 2. The lowest BCUT2D eigenvalue weighted by atomic mass is 9.78. The van der Waals surface area contributed by atoms with E-state index in [-0.39, 0.29) is 30.0 Å². The first-order valence-electron chi connectivity index (χ1n) is 9.97. The number of rotatable bonds is 5. The Morgan fingerprint density at radius 2 is 1.80 bits per heavy atom. The highest BCUT2D eigenvalue weighted by molar-refractivity contribution is 5.91. The molecule has 0 N–H and O–H groups in total. The van der Waals surface area contributed by atoms with Crippen LogP contribution in [0.1, 0.15) is 36.3 Å². The van der Waals surface area contributed by atoms with Crippen LogP contribution in [0.15, 0.2) is 66.4 Å². The summed E-state index contributed by atoms with van der Waals surface area (Å²) in [4.78, 5) is 25.3. The number of ether oxygens (including phenoxy) is 3. The van der Waals surface area contributed by atoms with Gasteiger partial charge in [0.05, 0.1) is 13.7 Å². The molecule has 0 bridgehead atoms. The Bertz CT molecular complexity index is 969. The van der Waals surface area contributed by atoms with Crippen LogP contribution in [0.25, 0.3) is 0 Å². The predicted octanol–water partition coefficient (Wildman–Crippen LogP) is 4.10. The fourth-order valence-electron chi connectivity index (χ4n) is 4.77. The smallest absolute Gasteiger partial charge is 0.373 e. The highest BCUT2D eigenvalue weighted by Gasteiger charge is 2.64. The van der Waals surface area contributed by atoms with Crippen molar-refractivity contribution in [3.63, 3.8) is 0 Å². The third-order valence-electron chi connectivity index (χ3n) is 6.00. The zero-order valence-electron chi connectivity index (χ0n) is 16.8. The van der Waals surface area contributed by atoms with Crippen LogP contribution in [0.2, 0.25) is 0 Å². The van der Waals surface area contributed by atoms with Crippen LogP contribution >= 0.6 is 0 Å². The summed E-state index contributed by atoms with van der Waals surface area (Å²) in [5.41, 5.74) is 0.571. The van der Waals surface area contributed by atoms with Crippen LogP contribution in [0.5, 0.6) is 0 Å². The van der Waals surface area contributed by atoms with E-state index in [0.717, 1.165) is 11.1 Å². The number of hydrogen-bond acceptors (Lipinski definition) is 5. The standard InChI is InChI=1S/C24H23FO5/c1-3-29-22(26)20-13-19-21(16-7-5-4-6-8-16)18(15-9-11-17(25)12-10-15)14-24(19,30-20)23(27)28-2/h4-13,18-19,21H,3,14H2,1-2H3/t18-,19?,21-,24-/m1/s1. The summed E-state index contributed by atoms with van der Waals surface area (Å²) < 4.78 is 29.7. The van der Waals surface area contributed by atoms with Crippen molar-refractivity contribution in [1.82, 2.24) is 0 Å². The van der Waals surface area contributed by atoms with Crippen molar-refractivity contribution in [2.45, 2.75) is 30.8 Å². The van der Waals surface area contributed by atoms with Crippen molar-refractivity contribution < 1.29 is 28.2 Å². The Labute approximate surface area is 174 Å². The lowest BCUT2D eigenvalue weighted by Gasteiger charge is -2.27. The normalized spacial score (nSPS) is 27.0. The van der Waals surface area contributed by atoms with Gasteiger partial charge in [-0.3, -0.25) is 0 Å². The highest BCUT2D eigenvalue weighted by atomic mass is 19.1. The number of halogens is 1. The molecule has 0 aromatic heterocycles. The molecule has 30 heavy (non-hydrogen) atoms. The second-order valence-electron chi connectivity index (χ2n) is 7.56. The number of fused-ring (bicyclic) bond motifs is 1. The molecule has 1 fully saturated rings. The van der Waals surface area contributed by atoms with Gasteiger partial charge in [-0.1, -0.05) is 42.5 Å². The molecule has 0 spiro atoms. The van der Waals surface area contributed by atoms with E-state index in [1.165, 1.54) is 19.2 Å². The second-order valence-corrected chi connectivity index (χ2v) is 7.56. The van der Waals surface area contributed by atoms with E-state index in [1.807, 2.05) is 30.3 Å². The van der Waals surface area contributed by atoms with E-state index < -0.39 is 23.5 Å². The molecular formula is C24H23FO5. The Balaban J connectivity index is 1.83. The third kappa shape index (κ3) is 3.26. The first kappa shape index (κ1) is 20.1. The van der Waals surface area contributed by atoms with Gasteiger partial charge < -0.3 is 14.2 Å². The molecular weight excluding hydrogens is 387 g/mol. The number of carbonyl (C=O) groups is 2. The summed E-state index contributed by atoms with van der Waals surface area (Å²) in [6.45, 7) is 1.91. The molecule has 2 aliphatic rings. The van der Waals surface area contributed by atoms with Crippen molar-refractivity contribution in [2.24, 2.45) is 5.92 Å². The number of carbonyl (C=O) groups excluding carboxylic acids is 2. The summed E-state index contributed by atoms with van der Waals surface area (Å²) in [6.07, 6.45) is 1.99. The fraction of sp³-hybridized carbons (Fsp3) is 0.333. The SMILES string of the molecule is CCOC(=O)C1=CC2[C@H](c3ccccc3)[C@@H](c3ccc(F)cc3)C[C@@]2(C(=O)OC)O1. The Morgan fingerprint density at radius 1 is 1.10 bits per heavy atom. The van der Waals surface area contributed by atoms with Crippen LogP contribution in [-0.4, -0.2) is 31.3 Å². The van der Waals surface area contributed by atoms with Crippen molar-refractivity contribution in [3.8, 4) is 0 Å². The zero-order chi connectivity index (χ0) is 21.3. The number of hydrogen-bond donors (Lipinski definition) is 0. The van der Waals surface area contributed by atoms with Gasteiger partial charge in [0.2, 0.25) is 11.4 Å². The minimum atomic E-state index is -1.34. The molecule has 2 aromatic carbocycles. The summed E-state index contributed by atoms with van der Waals surface area (Å²) >= 11 is 0. The molecule has 2 aromatic rings. The zero-order valence-corrected chi connectivity index (χ0v) is 16.8. The van der Waals surface area contributed by atoms with Gasteiger partial charge in [-0.15, -0.1) is 0 Å². The highest BCUT2D eigenvalue weighted by Crippen LogP contribution is 2.60. The number of methoxy groups -OCH3 is 1. The second kappa shape index (κ2) is 7.94. The first-order chi connectivity index (χ1) is 14.5. The van der Waals surface area contributed by atoms with E-state index in [2.05, 4.69) is 0 Å². The monoisotopic (exact) mass is 410 g/mol. The quantitative estimate of drug-likeness (QED) is 0.695. The van der Waals surface area contributed by atoms with E-state index in [4.69, 9.17) is 14.2 Å². The first-order valence-corrected chi connectivity index (χ1v) is 9.97. The topological polar surface area (TPSA) is 61.8 Å². The fourth-order valence-corrected chi connectivity index (χ4v) is 4.77. The average Bonchev–Trinajstić information content (AvgIpc) is 3.29. The molecule has 4 atom stereocenters. The molecule has 0 saturated heterocycles. The van der Waals surface area contributed by atoms with Gasteiger partial charge in [0.15, 0.2) is 0 Å². The molecule has 1 saturated carbocycles. The van der Waals surface area contributed by atoms with Crippen molar-refractivity contribution in [2.75, 3.05) is 13.7 Å². The summed E-state index contributed by atoms with van der Waals surface area (Å²) in [5, 5.41) is 0. The molecule has 0 amide bonds. The summed E-state index contributed by atoms with van der Waals surface area (Å²) in [6, 6.07) is 16.1. The van der Waals surface area contributed by atoms with E-state index >= 15 is 0 Å². The predicted molar refractivity (Wildman–Crippen MR) is 107 cm³/mol. The van der Waals surface area contributed by atoms with Gasteiger partial charge in [-0.25, -0.2) is 14.0 Å². The molecule has 1 aliphatic heterocycles. The van der Waals surface area contributed by atoms with Crippen LogP contribution in [0.4, 0.5) is 4.39 Å².